The van der Waals surface area contributed by atoms with Crippen LogP contribution >= 0.6 is 0 Å². The Balaban J connectivity index is 2.19. The van der Waals surface area contributed by atoms with Gasteiger partial charge in [-0.05, 0) is 24.8 Å². The minimum Gasteiger partial charge on any atom is -0.354 e. The minimum absolute atomic E-state index is 0.0440. The Morgan fingerprint density at radius 3 is 2.33 bits per heavy atom. The Bertz CT molecular complexity index is 575. The summed E-state index contributed by atoms with van der Waals surface area (Å²) in [4.78, 5) is 27.1. The predicted octanol–water partition coefficient (Wildman–Crippen LogP) is 3.19. The van der Waals surface area contributed by atoms with E-state index in [9.17, 15) is 9.59 Å². The Hall–Kier alpha value is -1.84. The number of carbonyl (C=O) groups is 2. The van der Waals surface area contributed by atoms with E-state index in [0.717, 1.165) is 5.56 Å². The molecule has 0 saturated carbocycles. The Labute approximate surface area is 145 Å². The van der Waals surface area contributed by atoms with Gasteiger partial charge in [-0.1, -0.05) is 51.1 Å². The van der Waals surface area contributed by atoms with Crippen LogP contribution in [-0.4, -0.2) is 35.8 Å². The van der Waals surface area contributed by atoms with Crippen LogP contribution in [0.4, 0.5) is 0 Å². The highest BCUT2D eigenvalue weighted by molar-refractivity contribution is 5.83. The van der Waals surface area contributed by atoms with E-state index < -0.39 is 0 Å². The standard InChI is InChI=1S/C20H30N2O2/c1-14(2)21-19(24)17-13-22(18(23)11-20(3,4)5)12-16(17)15-9-7-6-8-10-15/h6-10,14,16-17H,11-13H2,1-5H3,(H,21,24)/t16-,17+/m0/s1. The van der Waals surface area contributed by atoms with Crippen molar-refractivity contribution in [3.8, 4) is 0 Å². The van der Waals surface area contributed by atoms with E-state index in [1.165, 1.54) is 0 Å². The highest BCUT2D eigenvalue weighted by Gasteiger charge is 2.40. The van der Waals surface area contributed by atoms with Gasteiger partial charge in [-0.3, -0.25) is 9.59 Å². The molecule has 2 rings (SSSR count). The smallest absolute Gasteiger partial charge is 0.225 e. The first kappa shape index (κ1) is 18.5. The molecule has 0 bridgehead atoms. The molecule has 4 heteroatoms. The van der Waals surface area contributed by atoms with Crippen LogP contribution in [0.15, 0.2) is 30.3 Å². The average molecular weight is 330 g/mol. The highest BCUT2D eigenvalue weighted by Crippen LogP contribution is 2.34. The van der Waals surface area contributed by atoms with Gasteiger partial charge in [-0.2, -0.15) is 0 Å². The number of likely N-dealkylation sites (tertiary alicyclic amines) is 1. The number of benzene rings is 1. The Morgan fingerprint density at radius 2 is 1.79 bits per heavy atom. The molecule has 0 radical (unpaired) electrons. The second kappa shape index (κ2) is 7.37. The number of amides is 2. The van der Waals surface area contributed by atoms with Gasteiger partial charge in [0.2, 0.25) is 11.8 Å². The van der Waals surface area contributed by atoms with E-state index in [-0.39, 0.29) is 35.1 Å². The van der Waals surface area contributed by atoms with Gasteiger partial charge in [-0.15, -0.1) is 0 Å². The first-order valence-corrected chi connectivity index (χ1v) is 8.80. The van der Waals surface area contributed by atoms with Crippen molar-refractivity contribution in [2.24, 2.45) is 11.3 Å². The largest absolute Gasteiger partial charge is 0.354 e. The van der Waals surface area contributed by atoms with Crippen LogP contribution in [0.1, 0.15) is 52.5 Å². The summed E-state index contributed by atoms with van der Waals surface area (Å²) in [6, 6.07) is 10.2. The number of rotatable bonds is 4. The fourth-order valence-corrected chi connectivity index (χ4v) is 3.27. The van der Waals surface area contributed by atoms with Crippen LogP contribution in [0.25, 0.3) is 0 Å². The SMILES string of the molecule is CC(C)NC(=O)[C@@H]1CN(C(=O)CC(C)(C)C)C[C@H]1c1ccccc1. The van der Waals surface area contributed by atoms with Crippen LogP contribution in [0.2, 0.25) is 0 Å². The molecule has 132 valence electrons. The topological polar surface area (TPSA) is 49.4 Å². The van der Waals surface area contributed by atoms with Gasteiger partial charge in [0.15, 0.2) is 0 Å². The van der Waals surface area contributed by atoms with Gasteiger partial charge in [0, 0.05) is 31.5 Å². The van der Waals surface area contributed by atoms with Crippen LogP contribution < -0.4 is 5.32 Å². The molecule has 1 aromatic rings. The van der Waals surface area contributed by atoms with Crippen molar-refractivity contribution in [3.63, 3.8) is 0 Å². The number of nitrogens with zero attached hydrogens (tertiary/aromatic N) is 1. The van der Waals surface area contributed by atoms with E-state index in [1.54, 1.807) is 0 Å². The summed E-state index contributed by atoms with van der Waals surface area (Å²) in [7, 11) is 0. The summed E-state index contributed by atoms with van der Waals surface area (Å²) in [6.45, 7) is 11.3. The van der Waals surface area contributed by atoms with Crippen LogP contribution in [0.3, 0.4) is 0 Å². The molecule has 1 N–H and O–H groups in total. The summed E-state index contributed by atoms with van der Waals surface area (Å²) in [5, 5.41) is 3.02. The van der Waals surface area contributed by atoms with Gasteiger partial charge in [0.25, 0.3) is 0 Å². The van der Waals surface area contributed by atoms with Crippen molar-refractivity contribution in [1.29, 1.82) is 0 Å². The Morgan fingerprint density at radius 1 is 1.17 bits per heavy atom. The van der Waals surface area contributed by atoms with Gasteiger partial charge in [0.1, 0.15) is 0 Å². The van der Waals surface area contributed by atoms with E-state index in [0.29, 0.717) is 19.5 Å². The zero-order chi connectivity index (χ0) is 17.9. The maximum Gasteiger partial charge on any atom is 0.225 e. The fourth-order valence-electron chi connectivity index (χ4n) is 3.27. The average Bonchev–Trinajstić information content (AvgIpc) is 2.91. The third-order valence-corrected chi connectivity index (χ3v) is 4.35. The molecule has 1 fully saturated rings. The van der Waals surface area contributed by atoms with E-state index in [1.807, 2.05) is 36.9 Å². The lowest BCUT2D eigenvalue weighted by atomic mass is 9.88. The van der Waals surface area contributed by atoms with E-state index in [4.69, 9.17) is 0 Å². The highest BCUT2D eigenvalue weighted by atomic mass is 16.2. The van der Waals surface area contributed by atoms with Gasteiger partial charge in [0.05, 0.1) is 5.92 Å². The number of hydrogen-bond acceptors (Lipinski definition) is 2. The first-order valence-electron chi connectivity index (χ1n) is 8.80. The van der Waals surface area contributed by atoms with Crippen molar-refractivity contribution >= 4 is 11.8 Å². The summed E-state index contributed by atoms with van der Waals surface area (Å²) in [5.41, 5.74) is 1.09. The molecule has 2 amide bonds. The predicted molar refractivity (Wildman–Crippen MR) is 96.6 cm³/mol. The minimum atomic E-state index is -0.182. The third-order valence-electron chi connectivity index (χ3n) is 4.35. The number of carbonyl (C=O) groups excluding carboxylic acids is 2. The second-order valence-electron chi connectivity index (χ2n) is 8.32. The lowest BCUT2D eigenvalue weighted by Crippen LogP contribution is -2.39. The molecule has 1 aromatic carbocycles. The summed E-state index contributed by atoms with van der Waals surface area (Å²) >= 11 is 0. The molecule has 0 spiro atoms. The molecule has 1 saturated heterocycles. The zero-order valence-electron chi connectivity index (χ0n) is 15.5. The van der Waals surface area contributed by atoms with Crippen LogP contribution in [-0.2, 0) is 9.59 Å². The zero-order valence-corrected chi connectivity index (χ0v) is 15.5. The van der Waals surface area contributed by atoms with Gasteiger partial charge in [-0.25, -0.2) is 0 Å². The summed E-state index contributed by atoms with van der Waals surface area (Å²) in [6.07, 6.45) is 0.507. The molecule has 4 nitrogen and oxygen atoms in total. The lowest BCUT2D eigenvalue weighted by Gasteiger charge is -2.23. The van der Waals surface area contributed by atoms with Crippen LogP contribution in [0, 0.1) is 11.3 Å². The van der Waals surface area contributed by atoms with Gasteiger partial charge < -0.3 is 10.2 Å². The monoisotopic (exact) mass is 330 g/mol. The molecule has 1 heterocycles. The Kier molecular flexibility index (Phi) is 5.68. The lowest BCUT2D eigenvalue weighted by molar-refractivity contribution is -0.132. The van der Waals surface area contributed by atoms with Crippen molar-refractivity contribution < 1.29 is 9.59 Å². The van der Waals surface area contributed by atoms with Gasteiger partial charge >= 0.3 is 0 Å². The number of hydrogen-bond donors (Lipinski definition) is 1. The first-order chi connectivity index (χ1) is 11.2. The molecule has 1 aliphatic rings. The second-order valence-corrected chi connectivity index (χ2v) is 8.32. The molecule has 1 aliphatic heterocycles. The molecule has 2 atom stereocenters. The molecular weight excluding hydrogens is 300 g/mol. The number of nitrogens with one attached hydrogen (secondary N) is 1. The van der Waals surface area contributed by atoms with Crippen molar-refractivity contribution in [2.75, 3.05) is 13.1 Å². The normalized spacial score (nSPS) is 21.2. The molecule has 0 aromatic heterocycles. The molecule has 24 heavy (non-hydrogen) atoms. The van der Waals surface area contributed by atoms with Crippen molar-refractivity contribution in [3.05, 3.63) is 35.9 Å². The fraction of sp³-hybridized carbons (Fsp3) is 0.600. The maximum atomic E-state index is 12.6. The van der Waals surface area contributed by atoms with E-state index in [2.05, 4.69) is 38.2 Å². The molecular formula is C20H30N2O2. The van der Waals surface area contributed by atoms with Crippen molar-refractivity contribution in [1.82, 2.24) is 10.2 Å². The summed E-state index contributed by atoms with van der Waals surface area (Å²) in [5.74, 6) is 0.0702. The van der Waals surface area contributed by atoms with Crippen molar-refractivity contribution in [2.45, 2.75) is 53.0 Å². The quantitative estimate of drug-likeness (QED) is 0.922. The molecule has 0 aliphatic carbocycles. The summed E-state index contributed by atoms with van der Waals surface area (Å²) < 4.78 is 0. The maximum absolute atomic E-state index is 12.6. The van der Waals surface area contributed by atoms with Crippen LogP contribution in [0.5, 0.6) is 0 Å². The third kappa shape index (κ3) is 4.83. The molecule has 0 unspecified atom stereocenters. The van der Waals surface area contributed by atoms with E-state index >= 15 is 0 Å².